The summed E-state index contributed by atoms with van der Waals surface area (Å²) in [6.07, 6.45) is 5.78. The van der Waals surface area contributed by atoms with Crippen molar-refractivity contribution >= 4 is 38.0 Å². The van der Waals surface area contributed by atoms with Gasteiger partial charge in [-0.1, -0.05) is 75.7 Å². The average Bonchev–Trinajstić information content (AvgIpc) is 3.37. The molecule has 0 fully saturated rings. The van der Waals surface area contributed by atoms with Crippen LogP contribution < -0.4 is 0 Å². The molecule has 0 spiro atoms. The zero-order chi connectivity index (χ0) is 24.6. The summed E-state index contributed by atoms with van der Waals surface area (Å²) in [5.74, 6) is 6.55. The van der Waals surface area contributed by atoms with Crippen molar-refractivity contribution in [2.24, 2.45) is 0 Å². The molecule has 4 rings (SSSR count). The fraction of sp³-hybridized carbons (Fsp3) is 0.357. The molecular weight excluding hydrogens is 449 g/mol. The summed E-state index contributed by atoms with van der Waals surface area (Å²) in [6, 6.07) is 16.5. The SMILES string of the molecule is C[Si](C)(C)C#CCCn1cc2ccccc2n1.C[Si](C)(C)C#CCCn1ncc2ccccc21. The number of nitrogens with zero attached hydrogens (tertiary/aromatic N) is 4. The fourth-order valence-corrected chi connectivity index (χ4v) is 4.63. The quantitative estimate of drug-likeness (QED) is 0.241. The van der Waals surface area contributed by atoms with Gasteiger partial charge in [-0.05, 0) is 12.1 Å². The van der Waals surface area contributed by atoms with E-state index in [1.54, 1.807) is 0 Å². The lowest BCUT2D eigenvalue weighted by Crippen LogP contribution is -2.16. The van der Waals surface area contributed by atoms with Crippen LogP contribution in [0.4, 0.5) is 0 Å². The Kier molecular flexibility index (Phi) is 8.55. The number of rotatable bonds is 4. The smallest absolute Gasteiger partial charge is 0.129 e. The molecule has 0 aliphatic heterocycles. The first-order valence-electron chi connectivity index (χ1n) is 11.9. The Labute approximate surface area is 206 Å². The van der Waals surface area contributed by atoms with E-state index in [9.17, 15) is 0 Å². The third kappa shape index (κ3) is 8.37. The van der Waals surface area contributed by atoms with Gasteiger partial charge in [-0.2, -0.15) is 10.2 Å². The molecule has 0 saturated heterocycles. The highest BCUT2D eigenvalue weighted by atomic mass is 28.3. The fourth-order valence-electron chi connectivity index (χ4n) is 3.32. The molecule has 2 heterocycles. The number of hydrogen-bond acceptors (Lipinski definition) is 2. The maximum absolute atomic E-state index is 4.51. The van der Waals surface area contributed by atoms with Crippen LogP contribution in [0.2, 0.25) is 39.3 Å². The van der Waals surface area contributed by atoms with E-state index in [0.717, 1.165) is 31.4 Å². The molecule has 2 aromatic heterocycles. The molecule has 2 aromatic carbocycles. The molecule has 0 aliphatic carbocycles. The van der Waals surface area contributed by atoms with Crippen molar-refractivity contribution < 1.29 is 0 Å². The average molecular weight is 485 g/mol. The zero-order valence-electron chi connectivity index (χ0n) is 21.4. The van der Waals surface area contributed by atoms with Crippen LogP contribution in [-0.2, 0) is 13.1 Å². The van der Waals surface area contributed by atoms with Gasteiger partial charge in [0.25, 0.3) is 0 Å². The number of aryl methyl sites for hydroxylation is 2. The minimum absolute atomic E-state index is 0.880. The highest BCUT2D eigenvalue weighted by Crippen LogP contribution is 2.13. The van der Waals surface area contributed by atoms with Crippen LogP contribution in [0.1, 0.15) is 12.8 Å². The molecule has 0 aliphatic rings. The number of benzene rings is 2. The van der Waals surface area contributed by atoms with Gasteiger partial charge in [-0.3, -0.25) is 9.36 Å². The molecule has 0 unspecified atom stereocenters. The van der Waals surface area contributed by atoms with E-state index in [0.29, 0.717) is 0 Å². The second-order valence-corrected chi connectivity index (χ2v) is 20.0. The predicted molar refractivity (Wildman–Crippen MR) is 151 cm³/mol. The molecule has 0 bridgehead atoms. The second-order valence-electron chi connectivity index (χ2n) is 10.5. The van der Waals surface area contributed by atoms with Crippen molar-refractivity contribution in [2.75, 3.05) is 0 Å². The van der Waals surface area contributed by atoms with Gasteiger partial charge in [-0.25, -0.2) is 0 Å². The Bertz CT molecular complexity index is 1300. The Hall–Kier alpha value is -3.07. The van der Waals surface area contributed by atoms with Gasteiger partial charge < -0.3 is 0 Å². The summed E-state index contributed by atoms with van der Waals surface area (Å²) in [5, 5.41) is 11.3. The molecule has 0 atom stereocenters. The molecule has 0 N–H and O–H groups in total. The topological polar surface area (TPSA) is 35.6 Å². The van der Waals surface area contributed by atoms with E-state index in [1.807, 2.05) is 45.9 Å². The highest BCUT2D eigenvalue weighted by molar-refractivity contribution is 6.84. The molecule has 4 nitrogen and oxygen atoms in total. The Morgan fingerprint density at radius 2 is 1.32 bits per heavy atom. The first-order chi connectivity index (χ1) is 16.1. The lowest BCUT2D eigenvalue weighted by molar-refractivity contribution is 0.637. The first-order valence-corrected chi connectivity index (χ1v) is 18.9. The number of para-hydroxylation sites is 1. The van der Waals surface area contributed by atoms with Gasteiger partial charge in [0.15, 0.2) is 0 Å². The van der Waals surface area contributed by atoms with Crippen LogP contribution >= 0.6 is 0 Å². The van der Waals surface area contributed by atoms with Crippen LogP contribution in [0.3, 0.4) is 0 Å². The monoisotopic (exact) mass is 484 g/mol. The highest BCUT2D eigenvalue weighted by Gasteiger charge is 2.08. The van der Waals surface area contributed by atoms with Gasteiger partial charge in [-0.15, -0.1) is 22.9 Å². The number of hydrogen-bond donors (Lipinski definition) is 0. The standard InChI is InChI=1S/2C14H18N2Si/c1-17(2,3)11-7-6-10-16-12-13-8-4-5-9-14(13)15-16;1-17(2,3)11-7-6-10-16-14-9-5-4-8-13(14)12-15-16/h2*4-5,8-9,12H,6,10H2,1-3H3. The maximum atomic E-state index is 4.51. The zero-order valence-corrected chi connectivity index (χ0v) is 23.4. The summed E-state index contributed by atoms with van der Waals surface area (Å²) in [5.41, 5.74) is 9.01. The van der Waals surface area contributed by atoms with E-state index in [-0.39, 0.29) is 0 Å². The van der Waals surface area contributed by atoms with Crippen molar-refractivity contribution in [1.82, 2.24) is 19.6 Å². The van der Waals surface area contributed by atoms with Crippen molar-refractivity contribution in [3.05, 3.63) is 60.9 Å². The molecule has 0 amide bonds. The van der Waals surface area contributed by atoms with Crippen LogP contribution in [0.25, 0.3) is 21.8 Å². The largest absolute Gasteiger partial charge is 0.271 e. The minimum atomic E-state index is -1.22. The van der Waals surface area contributed by atoms with E-state index in [4.69, 9.17) is 0 Å². The van der Waals surface area contributed by atoms with Crippen molar-refractivity contribution in [3.8, 4) is 22.9 Å². The van der Waals surface area contributed by atoms with Crippen LogP contribution in [0.5, 0.6) is 0 Å². The lowest BCUT2D eigenvalue weighted by Gasteiger charge is -2.04. The Morgan fingerprint density at radius 3 is 1.97 bits per heavy atom. The van der Waals surface area contributed by atoms with Gasteiger partial charge >= 0.3 is 0 Å². The first kappa shape index (κ1) is 25.6. The normalized spacial score (nSPS) is 11.2. The maximum Gasteiger partial charge on any atom is 0.129 e. The van der Waals surface area contributed by atoms with Gasteiger partial charge in [0.2, 0.25) is 0 Å². The van der Waals surface area contributed by atoms with Crippen molar-refractivity contribution in [1.29, 1.82) is 0 Å². The predicted octanol–water partition coefficient (Wildman–Crippen LogP) is 6.61. The second kappa shape index (κ2) is 11.4. The van der Waals surface area contributed by atoms with E-state index < -0.39 is 16.1 Å². The van der Waals surface area contributed by atoms with Crippen LogP contribution in [-0.4, -0.2) is 35.7 Å². The van der Waals surface area contributed by atoms with Crippen molar-refractivity contribution in [3.63, 3.8) is 0 Å². The van der Waals surface area contributed by atoms with E-state index in [1.165, 1.54) is 16.3 Å². The molecule has 0 radical (unpaired) electrons. The summed E-state index contributed by atoms with van der Waals surface area (Å²) in [7, 11) is -2.44. The summed E-state index contributed by atoms with van der Waals surface area (Å²) < 4.78 is 4.03. The molecule has 0 saturated carbocycles. The van der Waals surface area contributed by atoms with Crippen LogP contribution in [0.15, 0.2) is 60.9 Å². The van der Waals surface area contributed by atoms with Gasteiger partial charge in [0.1, 0.15) is 16.1 Å². The van der Waals surface area contributed by atoms with Gasteiger partial charge in [0, 0.05) is 29.8 Å². The molecule has 176 valence electrons. The molecular formula is C28H36N4Si2. The van der Waals surface area contributed by atoms with E-state index in [2.05, 4.69) is 96.8 Å². The summed E-state index contributed by atoms with van der Waals surface area (Å²) in [6.45, 7) is 15.4. The third-order valence-electron chi connectivity index (χ3n) is 4.85. The Balaban J connectivity index is 0.000000191. The third-order valence-corrected chi connectivity index (χ3v) is 6.71. The number of fused-ring (bicyclic) bond motifs is 2. The van der Waals surface area contributed by atoms with E-state index >= 15 is 0 Å². The molecule has 34 heavy (non-hydrogen) atoms. The summed E-state index contributed by atoms with van der Waals surface area (Å²) in [4.78, 5) is 0. The molecule has 4 aromatic rings. The Morgan fingerprint density at radius 1 is 0.735 bits per heavy atom. The van der Waals surface area contributed by atoms with Crippen molar-refractivity contribution in [2.45, 2.75) is 65.2 Å². The molecule has 6 heteroatoms. The summed E-state index contributed by atoms with van der Waals surface area (Å²) >= 11 is 0. The van der Waals surface area contributed by atoms with Gasteiger partial charge in [0.05, 0.1) is 30.3 Å². The van der Waals surface area contributed by atoms with Crippen LogP contribution in [0, 0.1) is 22.9 Å². The lowest BCUT2D eigenvalue weighted by atomic mass is 10.2. The number of aromatic nitrogens is 4. The minimum Gasteiger partial charge on any atom is -0.271 e.